The van der Waals surface area contributed by atoms with Crippen molar-refractivity contribution in [2.24, 2.45) is 0 Å². The van der Waals surface area contributed by atoms with Crippen LogP contribution in [-0.4, -0.2) is 27.3 Å². The second-order valence-electron chi connectivity index (χ2n) is 8.99. The van der Waals surface area contributed by atoms with Crippen LogP contribution in [0.25, 0.3) is 0 Å². The number of aromatic carboxylic acids is 1. The van der Waals surface area contributed by atoms with E-state index in [1.54, 1.807) is 0 Å². The standard InChI is InChI=1S/C29H28Br2O6/c1-5-14-12-21(30)25(32)17(7-3)23(14)29(24-15(6-2)13-22(31)26(33)18(24)8-4)20-11-16(27(34)35)9-10-19(20)28(36)37-29/h9-13,32-33H,5-8H2,1-4H3,(H,34,35). The summed E-state index contributed by atoms with van der Waals surface area (Å²) in [6.07, 6.45) is 1.96. The Hall–Kier alpha value is -2.84. The number of phenolic OH excluding ortho intramolecular Hbond substituents is 2. The molecule has 1 heterocycles. The zero-order valence-electron chi connectivity index (χ0n) is 21.0. The monoisotopic (exact) mass is 630 g/mol. The third-order valence-corrected chi connectivity index (χ3v) is 8.37. The fourth-order valence-corrected chi connectivity index (χ4v) is 6.55. The molecular formula is C29H28Br2O6. The third-order valence-electron chi connectivity index (χ3n) is 7.16. The second kappa shape index (κ2) is 10.1. The zero-order chi connectivity index (χ0) is 27.2. The van der Waals surface area contributed by atoms with Crippen LogP contribution in [0.15, 0.2) is 39.3 Å². The van der Waals surface area contributed by atoms with E-state index >= 15 is 0 Å². The largest absolute Gasteiger partial charge is 0.506 e. The second-order valence-corrected chi connectivity index (χ2v) is 10.7. The van der Waals surface area contributed by atoms with Crippen molar-refractivity contribution in [1.82, 2.24) is 0 Å². The van der Waals surface area contributed by atoms with Crippen LogP contribution in [0.4, 0.5) is 0 Å². The van der Waals surface area contributed by atoms with Crippen molar-refractivity contribution < 1.29 is 29.6 Å². The van der Waals surface area contributed by atoms with Crippen LogP contribution >= 0.6 is 31.9 Å². The molecular weight excluding hydrogens is 604 g/mol. The molecule has 194 valence electrons. The number of carboxylic acid groups (broad SMARTS) is 1. The van der Waals surface area contributed by atoms with Gasteiger partial charge in [-0.05, 0) is 99.0 Å². The van der Waals surface area contributed by atoms with Crippen LogP contribution in [0.2, 0.25) is 0 Å². The number of hydrogen-bond acceptors (Lipinski definition) is 5. The summed E-state index contributed by atoms with van der Waals surface area (Å²) < 4.78 is 7.45. The Morgan fingerprint density at radius 1 is 0.838 bits per heavy atom. The van der Waals surface area contributed by atoms with E-state index in [1.165, 1.54) is 18.2 Å². The predicted molar refractivity (Wildman–Crippen MR) is 148 cm³/mol. The van der Waals surface area contributed by atoms with Crippen molar-refractivity contribution >= 4 is 43.8 Å². The Morgan fingerprint density at radius 3 is 1.73 bits per heavy atom. The van der Waals surface area contributed by atoms with Gasteiger partial charge in [-0.25, -0.2) is 9.59 Å². The van der Waals surface area contributed by atoms with Crippen molar-refractivity contribution in [3.05, 3.63) is 89.3 Å². The molecule has 0 atom stereocenters. The summed E-state index contributed by atoms with van der Waals surface area (Å²) in [5.74, 6) is -1.66. The molecule has 0 radical (unpaired) electrons. The van der Waals surface area contributed by atoms with E-state index in [4.69, 9.17) is 4.74 Å². The van der Waals surface area contributed by atoms with Gasteiger partial charge in [0, 0.05) is 27.8 Å². The summed E-state index contributed by atoms with van der Waals surface area (Å²) in [5.41, 5.74) is 3.08. The number of esters is 1. The molecule has 0 amide bonds. The van der Waals surface area contributed by atoms with Crippen molar-refractivity contribution in [3.63, 3.8) is 0 Å². The molecule has 3 aromatic rings. The number of phenols is 2. The maximum Gasteiger partial charge on any atom is 0.340 e. The number of rotatable bonds is 7. The number of ether oxygens (including phenoxy) is 1. The lowest BCUT2D eigenvalue weighted by Crippen LogP contribution is -2.35. The van der Waals surface area contributed by atoms with Gasteiger partial charge in [0.15, 0.2) is 5.60 Å². The van der Waals surface area contributed by atoms with Crippen LogP contribution in [0, 0.1) is 0 Å². The van der Waals surface area contributed by atoms with Crippen LogP contribution in [0.1, 0.15) is 87.4 Å². The zero-order valence-corrected chi connectivity index (χ0v) is 24.2. The van der Waals surface area contributed by atoms with E-state index in [2.05, 4.69) is 31.9 Å². The number of benzene rings is 3. The molecule has 1 aliphatic rings. The van der Waals surface area contributed by atoms with Crippen LogP contribution in [0.5, 0.6) is 11.5 Å². The highest BCUT2D eigenvalue weighted by atomic mass is 79.9. The molecule has 0 aromatic heterocycles. The van der Waals surface area contributed by atoms with Crippen molar-refractivity contribution in [2.45, 2.75) is 59.0 Å². The fraction of sp³-hybridized carbons (Fsp3) is 0.310. The highest BCUT2D eigenvalue weighted by molar-refractivity contribution is 9.10. The molecule has 0 spiro atoms. The Balaban J connectivity index is 2.35. The van der Waals surface area contributed by atoms with E-state index in [-0.39, 0.29) is 22.6 Å². The van der Waals surface area contributed by atoms with Crippen molar-refractivity contribution in [1.29, 1.82) is 0 Å². The minimum Gasteiger partial charge on any atom is -0.506 e. The maximum absolute atomic E-state index is 13.5. The molecule has 0 aliphatic carbocycles. The molecule has 0 bridgehead atoms. The third kappa shape index (κ3) is 4.05. The van der Waals surface area contributed by atoms with Gasteiger partial charge < -0.3 is 20.1 Å². The number of carbonyl (C=O) groups excluding carboxylic acids is 1. The van der Waals surface area contributed by atoms with Gasteiger partial charge in [-0.3, -0.25) is 0 Å². The molecule has 1 aliphatic heterocycles. The first kappa shape index (κ1) is 27.2. The van der Waals surface area contributed by atoms with Crippen LogP contribution < -0.4 is 0 Å². The SMILES string of the molecule is CCc1cc(Br)c(O)c(CC)c1C1(c2c(CC)cc(Br)c(O)c2CC)OC(=O)c2ccc(C(=O)O)cc21. The van der Waals surface area contributed by atoms with Gasteiger partial charge in [0.25, 0.3) is 0 Å². The minimum atomic E-state index is -1.58. The van der Waals surface area contributed by atoms with E-state index in [1.807, 2.05) is 39.8 Å². The topological polar surface area (TPSA) is 104 Å². The first-order valence-corrected chi connectivity index (χ1v) is 13.8. The molecule has 3 N–H and O–H groups in total. The lowest BCUT2D eigenvalue weighted by atomic mass is 9.71. The smallest absolute Gasteiger partial charge is 0.340 e. The predicted octanol–water partition coefficient (Wildman–Crippen LogP) is 7.03. The Morgan fingerprint density at radius 2 is 1.32 bits per heavy atom. The molecule has 0 saturated heterocycles. The highest BCUT2D eigenvalue weighted by Crippen LogP contribution is 2.55. The quantitative estimate of drug-likeness (QED) is 0.242. The van der Waals surface area contributed by atoms with Gasteiger partial charge in [0.2, 0.25) is 0 Å². The Labute approximate surface area is 232 Å². The Kier molecular flexibility index (Phi) is 7.45. The molecule has 37 heavy (non-hydrogen) atoms. The number of fused-ring (bicyclic) bond motifs is 1. The average Bonchev–Trinajstić information content (AvgIpc) is 3.18. The van der Waals surface area contributed by atoms with E-state index in [9.17, 15) is 24.9 Å². The van der Waals surface area contributed by atoms with Gasteiger partial charge >= 0.3 is 11.9 Å². The van der Waals surface area contributed by atoms with Gasteiger partial charge in [-0.15, -0.1) is 0 Å². The van der Waals surface area contributed by atoms with Crippen molar-refractivity contribution in [2.75, 3.05) is 0 Å². The number of halogens is 2. The average molecular weight is 632 g/mol. The number of aromatic hydroxyl groups is 2. The van der Waals surface area contributed by atoms with E-state index in [0.717, 1.165) is 11.1 Å². The van der Waals surface area contributed by atoms with E-state index < -0.39 is 17.5 Å². The number of hydrogen-bond donors (Lipinski definition) is 3. The Bertz CT molecular complexity index is 1380. The molecule has 6 nitrogen and oxygen atoms in total. The first-order valence-electron chi connectivity index (χ1n) is 12.3. The van der Waals surface area contributed by atoms with Crippen LogP contribution in [-0.2, 0) is 36.0 Å². The van der Waals surface area contributed by atoms with Crippen molar-refractivity contribution in [3.8, 4) is 11.5 Å². The maximum atomic E-state index is 13.5. The van der Waals surface area contributed by atoms with Crippen LogP contribution in [0.3, 0.4) is 0 Å². The number of aryl methyl sites for hydroxylation is 2. The molecule has 4 rings (SSSR count). The molecule has 0 unspecified atom stereocenters. The number of carbonyl (C=O) groups is 2. The summed E-state index contributed by atoms with van der Waals surface area (Å²) in [4.78, 5) is 25.5. The normalized spacial score (nSPS) is 13.9. The summed E-state index contributed by atoms with van der Waals surface area (Å²) in [6.45, 7) is 7.76. The molecule has 8 heteroatoms. The van der Waals surface area contributed by atoms with Gasteiger partial charge in [-0.1, -0.05) is 27.7 Å². The fourth-order valence-electron chi connectivity index (χ4n) is 5.51. The first-order chi connectivity index (χ1) is 17.6. The molecule has 0 fully saturated rings. The van der Waals surface area contributed by atoms with Gasteiger partial charge in [0.05, 0.1) is 20.1 Å². The summed E-state index contributed by atoms with van der Waals surface area (Å²) >= 11 is 6.93. The van der Waals surface area contributed by atoms with E-state index in [0.29, 0.717) is 62.4 Å². The molecule has 3 aromatic carbocycles. The van der Waals surface area contributed by atoms with Gasteiger partial charge in [0.1, 0.15) is 11.5 Å². The highest BCUT2D eigenvalue weighted by Gasteiger charge is 2.53. The summed E-state index contributed by atoms with van der Waals surface area (Å²) in [7, 11) is 0. The number of cyclic esters (lactones) is 1. The summed E-state index contributed by atoms with van der Waals surface area (Å²) in [6, 6.07) is 7.98. The number of carboxylic acids is 1. The lowest BCUT2D eigenvalue weighted by Gasteiger charge is -2.37. The van der Waals surface area contributed by atoms with Gasteiger partial charge in [-0.2, -0.15) is 0 Å². The lowest BCUT2D eigenvalue weighted by molar-refractivity contribution is 0.0240. The summed E-state index contributed by atoms with van der Waals surface area (Å²) in [5, 5.41) is 32.2. The minimum absolute atomic E-state index is 0.0105. The molecule has 0 saturated carbocycles.